The maximum absolute atomic E-state index is 13.7. The van der Waals surface area contributed by atoms with Gasteiger partial charge in [0.25, 0.3) is 5.60 Å². The number of halogens is 2. The number of benzene rings is 1. The van der Waals surface area contributed by atoms with Crippen LogP contribution >= 0.6 is 15.9 Å². The number of hydrogen-bond acceptors (Lipinski definition) is 5. The van der Waals surface area contributed by atoms with Gasteiger partial charge in [0.15, 0.2) is 0 Å². The number of esters is 1. The fourth-order valence-electron chi connectivity index (χ4n) is 1.51. The van der Waals surface area contributed by atoms with Crippen LogP contribution in [0.2, 0.25) is 0 Å². The van der Waals surface area contributed by atoms with Crippen molar-refractivity contribution in [2.75, 3.05) is 13.2 Å². The first-order chi connectivity index (χ1) is 8.81. The molecule has 0 radical (unpaired) electrons. The molecular formula is C11H11BrFNO5. The summed E-state index contributed by atoms with van der Waals surface area (Å²) in [5.74, 6) is -2.19. The molecular weight excluding hydrogens is 325 g/mol. The van der Waals surface area contributed by atoms with Gasteiger partial charge >= 0.3 is 5.97 Å². The van der Waals surface area contributed by atoms with Gasteiger partial charge in [-0.25, -0.2) is 9.18 Å². The average molecular weight is 336 g/mol. The third-order valence-electron chi connectivity index (χ3n) is 2.35. The minimum Gasteiger partial charge on any atom is -0.463 e. The number of nitrogens with zero attached hydrogens (tertiary/aromatic N) is 1. The van der Waals surface area contributed by atoms with Gasteiger partial charge in [-0.2, -0.15) is 0 Å². The summed E-state index contributed by atoms with van der Waals surface area (Å²) in [4.78, 5) is 21.4. The van der Waals surface area contributed by atoms with E-state index in [1.165, 1.54) is 13.0 Å². The predicted molar refractivity (Wildman–Crippen MR) is 66.5 cm³/mol. The van der Waals surface area contributed by atoms with Crippen molar-refractivity contribution in [2.45, 2.75) is 12.5 Å². The van der Waals surface area contributed by atoms with Crippen LogP contribution in [0.15, 0.2) is 22.7 Å². The summed E-state index contributed by atoms with van der Waals surface area (Å²) in [7, 11) is 0. The summed E-state index contributed by atoms with van der Waals surface area (Å²) in [6, 6.07) is 3.44. The minimum absolute atomic E-state index is 0.0888. The van der Waals surface area contributed by atoms with E-state index in [1.807, 2.05) is 0 Å². The second kappa shape index (κ2) is 6.07. The van der Waals surface area contributed by atoms with Crippen LogP contribution in [0.25, 0.3) is 0 Å². The van der Waals surface area contributed by atoms with E-state index < -0.39 is 34.4 Å². The average Bonchev–Trinajstić information content (AvgIpc) is 2.31. The Bertz CT molecular complexity index is 510. The largest absolute Gasteiger partial charge is 0.463 e. The molecule has 0 saturated carbocycles. The van der Waals surface area contributed by atoms with Crippen LogP contribution in [0.4, 0.5) is 4.39 Å². The van der Waals surface area contributed by atoms with Crippen molar-refractivity contribution in [1.82, 2.24) is 0 Å². The molecule has 0 aliphatic rings. The van der Waals surface area contributed by atoms with Crippen LogP contribution in [-0.4, -0.2) is 29.2 Å². The Labute approximate surface area is 116 Å². The van der Waals surface area contributed by atoms with Gasteiger partial charge in [0.1, 0.15) is 5.82 Å². The lowest BCUT2D eigenvalue weighted by Gasteiger charge is -2.22. The van der Waals surface area contributed by atoms with Gasteiger partial charge in [0.2, 0.25) is 6.54 Å². The number of hydrogen-bond donors (Lipinski definition) is 1. The van der Waals surface area contributed by atoms with E-state index in [4.69, 9.17) is 0 Å². The lowest BCUT2D eigenvalue weighted by atomic mass is 9.93. The zero-order valence-corrected chi connectivity index (χ0v) is 11.5. The molecule has 0 fully saturated rings. The topological polar surface area (TPSA) is 89.7 Å². The summed E-state index contributed by atoms with van der Waals surface area (Å²) in [5.41, 5.74) is -3.16. The molecule has 0 aromatic heterocycles. The highest BCUT2D eigenvalue weighted by Gasteiger charge is 2.47. The molecule has 6 nitrogen and oxygen atoms in total. The highest BCUT2D eigenvalue weighted by Crippen LogP contribution is 2.28. The van der Waals surface area contributed by atoms with Crippen molar-refractivity contribution in [2.24, 2.45) is 0 Å². The predicted octanol–water partition coefficient (Wildman–Crippen LogP) is 1.62. The Morgan fingerprint density at radius 3 is 2.79 bits per heavy atom. The van der Waals surface area contributed by atoms with Gasteiger partial charge in [-0.3, -0.25) is 10.1 Å². The van der Waals surface area contributed by atoms with E-state index in [9.17, 15) is 24.4 Å². The van der Waals surface area contributed by atoms with E-state index >= 15 is 0 Å². The maximum atomic E-state index is 13.7. The standard InChI is InChI=1S/C11H11BrFNO5/c1-2-19-10(15)11(16,6-14(17)18)8-5-7(12)3-4-9(8)13/h3-5,16H,2,6H2,1H3. The third kappa shape index (κ3) is 3.48. The van der Waals surface area contributed by atoms with E-state index in [2.05, 4.69) is 20.7 Å². The summed E-state index contributed by atoms with van der Waals surface area (Å²) < 4.78 is 18.7. The number of carbonyl (C=O) groups excluding carboxylic acids is 1. The van der Waals surface area contributed by atoms with Crippen LogP contribution in [0.5, 0.6) is 0 Å². The molecule has 1 atom stereocenters. The number of carbonyl (C=O) groups is 1. The molecule has 0 heterocycles. The van der Waals surface area contributed by atoms with Gasteiger partial charge in [-0.1, -0.05) is 15.9 Å². The lowest BCUT2D eigenvalue weighted by molar-refractivity contribution is -0.499. The van der Waals surface area contributed by atoms with E-state index in [0.29, 0.717) is 4.47 Å². The highest BCUT2D eigenvalue weighted by atomic mass is 79.9. The van der Waals surface area contributed by atoms with Crippen LogP contribution in [0.1, 0.15) is 12.5 Å². The minimum atomic E-state index is -2.66. The van der Waals surface area contributed by atoms with Gasteiger partial charge in [0, 0.05) is 15.0 Å². The van der Waals surface area contributed by atoms with E-state index in [1.54, 1.807) is 0 Å². The zero-order valence-electron chi connectivity index (χ0n) is 9.93. The lowest BCUT2D eigenvalue weighted by Crippen LogP contribution is -2.44. The molecule has 0 aliphatic carbocycles. The molecule has 0 bridgehead atoms. The summed E-state index contributed by atoms with van der Waals surface area (Å²) in [6.45, 7) is 0.204. The van der Waals surface area contributed by atoms with Gasteiger partial charge in [-0.15, -0.1) is 0 Å². The van der Waals surface area contributed by atoms with E-state index in [-0.39, 0.29) is 6.61 Å². The van der Waals surface area contributed by atoms with E-state index in [0.717, 1.165) is 12.1 Å². The summed E-state index contributed by atoms with van der Waals surface area (Å²) >= 11 is 3.04. The molecule has 104 valence electrons. The van der Waals surface area contributed by atoms with Crippen molar-refractivity contribution in [3.05, 3.63) is 44.2 Å². The summed E-state index contributed by atoms with van der Waals surface area (Å²) in [5, 5.41) is 20.8. The molecule has 1 rings (SSSR count). The van der Waals surface area contributed by atoms with Gasteiger partial charge < -0.3 is 9.84 Å². The maximum Gasteiger partial charge on any atom is 0.350 e. The molecule has 19 heavy (non-hydrogen) atoms. The molecule has 0 amide bonds. The van der Waals surface area contributed by atoms with Crippen LogP contribution < -0.4 is 0 Å². The normalized spacial score (nSPS) is 13.7. The van der Waals surface area contributed by atoms with Crippen LogP contribution in [0, 0.1) is 15.9 Å². The molecule has 0 aliphatic heterocycles. The smallest absolute Gasteiger partial charge is 0.350 e. The van der Waals surface area contributed by atoms with Crippen molar-refractivity contribution in [3.8, 4) is 0 Å². The van der Waals surface area contributed by atoms with Crippen molar-refractivity contribution in [1.29, 1.82) is 0 Å². The highest BCUT2D eigenvalue weighted by molar-refractivity contribution is 9.10. The first-order valence-electron chi connectivity index (χ1n) is 5.28. The Balaban J connectivity index is 3.33. The molecule has 1 N–H and O–H groups in total. The Morgan fingerprint density at radius 1 is 1.63 bits per heavy atom. The Kier molecular flexibility index (Phi) is 4.96. The molecule has 0 saturated heterocycles. The van der Waals surface area contributed by atoms with Gasteiger partial charge in [0.05, 0.1) is 6.61 Å². The van der Waals surface area contributed by atoms with Crippen molar-refractivity contribution >= 4 is 21.9 Å². The first-order valence-corrected chi connectivity index (χ1v) is 6.07. The number of ether oxygens (including phenoxy) is 1. The SMILES string of the molecule is CCOC(=O)C(O)(C[N+](=O)[O-])c1cc(Br)ccc1F. The quantitative estimate of drug-likeness (QED) is 0.501. The first kappa shape index (κ1) is 15.5. The third-order valence-corrected chi connectivity index (χ3v) is 2.84. The second-order valence-corrected chi connectivity index (χ2v) is 4.61. The van der Waals surface area contributed by atoms with Crippen molar-refractivity contribution < 1.29 is 24.0 Å². The monoisotopic (exact) mass is 335 g/mol. The fourth-order valence-corrected chi connectivity index (χ4v) is 1.87. The molecule has 8 heteroatoms. The van der Waals surface area contributed by atoms with Crippen LogP contribution in [-0.2, 0) is 15.1 Å². The Hall–Kier alpha value is -1.54. The van der Waals surface area contributed by atoms with Gasteiger partial charge in [-0.05, 0) is 25.1 Å². The second-order valence-electron chi connectivity index (χ2n) is 3.70. The number of rotatable bonds is 5. The molecule has 1 aromatic rings. The fraction of sp³-hybridized carbons (Fsp3) is 0.364. The molecule has 1 aromatic carbocycles. The number of nitro groups is 1. The van der Waals surface area contributed by atoms with Crippen molar-refractivity contribution in [3.63, 3.8) is 0 Å². The number of aliphatic hydroxyl groups is 1. The Morgan fingerprint density at radius 2 is 2.26 bits per heavy atom. The molecule has 0 spiro atoms. The zero-order chi connectivity index (χ0) is 14.6. The van der Waals surface area contributed by atoms with Crippen LogP contribution in [0.3, 0.4) is 0 Å². The summed E-state index contributed by atoms with van der Waals surface area (Å²) in [6.07, 6.45) is 0. The molecule has 1 unspecified atom stereocenters.